The van der Waals surface area contributed by atoms with Crippen LogP contribution in [0.5, 0.6) is 11.5 Å². The summed E-state index contributed by atoms with van der Waals surface area (Å²) in [6.45, 7) is 5.53. The van der Waals surface area contributed by atoms with Gasteiger partial charge in [-0.3, -0.25) is 14.9 Å². The minimum atomic E-state index is -0.458. The normalized spacial score (nSPS) is 10.3. The number of carbonyl (C=O) groups excluding carboxylic acids is 1. The highest BCUT2D eigenvalue weighted by Gasteiger charge is 2.19. The minimum absolute atomic E-state index is 0.0572. The molecule has 0 aliphatic carbocycles. The molecule has 0 amide bonds. The Morgan fingerprint density at radius 3 is 2.54 bits per heavy atom. The third-order valence-electron chi connectivity index (χ3n) is 3.53. The van der Waals surface area contributed by atoms with Crippen molar-refractivity contribution in [3.63, 3.8) is 0 Å². The second kappa shape index (κ2) is 7.59. The lowest BCUT2D eigenvalue weighted by Crippen LogP contribution is -2.05. The summed E-state index contributed by atoms with van der Waals surface area (Å²) < 4.78 is 11.2. The molecule has 0 unspecified atom stereocenters. The third-order valence-corrected chi connectivity index (χ3v) is 3.53. The van der Waals surface area contributed by atoms with Gasteiger partial charge in [0, 0.05) is 16.7 Å². The van der Waals surface area contributed by atoms with Crippen molar-refractivity contribution in [2.45, 2.75) is 27.4 Å². The van der Waals surface area contributed by atoms with E-state index in [1.165, 1.54) is 6.92 Å². The Morgan fingerprint density at radius 2 is 1.92 bits per heavy atom. The van der Waals surface area contributed by atoms with Crippen molar-refractivity contribution < 1.29 is 19.2 Å². The van der Waals surface area contributed by atoms with Gasteiger partial charge in [-0.1, -0.05) is 12.1 Å². The van der Waals surface area contributed by atoms with E-state index in [0.717, 1.165) is 0 Å². The zero-order chi connectivity index (χ0) is 17.7. The molecule has 6 heteroatoms. The number of ketones is 1. The van der Waals surface area contributed by atoms with Crippen LogP contribution in [0.3, 0.4) is 0 Å². The number of benzene rings is 2. The van der Waals surface area contributed by atoms with Gasteiger partial charge in [-0.25, -0.2) is 0 Å². The highest BCUT2D eigenvalue weighted by molar-refractivity contribution is 5.94. The summed E-state index contributed by atoms with van der Waals surface area (Å²) in [7, 11) is 0. The molecular weight excluding hydrogens is 310 g/mol. The summed E-state index contributed by atoms with van der Waals surface area (Å²) in [5.74, 6) is 0.717. The number of para-hydroxylation sites is 1. The van der Waals surface area contributed by atoms with Crippen molar-refractivity contribution in [2.75, 3.05) is 6.61 Å². The minimum Gasteiger partial charge on any atom is -0.493 e. The first-order chi connectivity index (χ1) is 11.4. The van der Waals surface area contributed by atoms with Crippen molar-refractivity contribution in [3.8, 4) is 11.5 Å². The number of nitro benzene ring substituents is 1. The van der Waals surface area contributed by atoms with E-state index in [2.05, 4.69) is 0 Å². The zero-order valence-electron chi connectivity index (χ0n) is 13.9. The third kappa shape index (κ3) is 3.90. The van der Waals surface area contributed by atoms with E-state index in [1.54, 1.807) is 43.3 Å². The summed E-state index contributed by atoms with van der Waals surface area (Å²) in [6.07, 6.45) is 0. The van der Waals surface area contributed by atoms with E-state index >= 15 is 0 Å². The summed E-state index contributed by atoms with van der Waals surface area (Å²) in [4.78, 5) is 22.3. The number of ether oxygens (including phenoxy) is 2. The SMILES string of the molecule is CCOc1ccc(C(C)=O)cc1COc1cccc(C)c1[N+](=O)[O-]. The number of rotatable bonds is 7. The lowest BCUT2D eigenvalue weighted by atomic mass is 10.1. The van der Waals surface area contributed by atoms with E-state index < -0.39 is 4.92 Å². The van der Waals surface area contributed by atoms with E-state index in [-0.39, 0.29) is 23.8 Å². The molecule has 0 aliphatic rings. The number of nitro groups is 1. The molecule has 6 nitrogen and oxygen atoms in total. The molecule has 126 valence electrons. The molecule has 0 bridgehead atoms. The van der Waals surface area contributed by atoms with Crippen LogP contribution in [0.25, 0.3) is 0 Å². The fourth-order valence-electron chi connectivity index (χ4n) is 2.35. The van der Waals surface area contributed by atoms with Crippen LogP contribution in [0.15, 0.2) is 36.4 Å². The predicted octanol–water partition coefficient (Wildman–Crippen LogP) is 4.08. The van der Waals surface area contributed by atoms with Crippen molar-refractivity contribution >= 4 is 11.5 Å². The highest BCUT2D eigenvalue weighted by Crippen LogP contribution is 2.31. The van der Waals surface area contributed by atoms with Crippen LogP contribution in [0, 0.1) is 17.0 Å². The molecule has 2 aromatic carbocycles. The van der Waals surface area contributed by atoms with Gasteiger partial charge in [0.25, 0.3) is 0 Å². The van der Waals surface area contributed by atoms with E-state index in [9.17, 15) is 14.9 Å². The van der Waals surface area contributed by atoms with Gasteiger partial charge in [-0.2, -0.15) is 0 Å². The quantitative estimate of drug-likeness (QED) is 0.434. The first-order valence-electron chi connectivity index (χ1n) is 7.57. The second-order valence-electron chi connectivity index (χ2n) is 5.28. The number of hydrogen-bond donors (Lipinski definition) is 0. The summed E-state index contributed by atoms with van der Waals surface area (Å²) in [6, 6.07) is 10.0. The highest BCUT2D eigenvalue weighted by atomic mass is 16.6. The lowest BCUT2D eigenvalue weighted by Gasteiger charge is -2.13. The smallest absolute Gasteiger partial charge is 0.313 e. The Balaban J connectivity index is 2.32. The molecule has 2 aromatic rings. The fraction of sp³-hybridized carbons (Fsp3) is 0.278. The molecule has 0 saturated carbocycles. The second-order valence-corrected chi connectivity index (χ2v) is 5.28. The molecule has 24 heavy (non-hydrogen) atoms. The van der Waals surface area contributed by atoms with Crippen LogP contribution in [-0.2, 0) is 6.61 Å². The Labute approximate surface area is 140 Å². The molecule has 2 rings (SSSR count). The molecule has 0 atom stereocenters. The average Bonchev–Trinajstić information content (AvgIpc) is 2.53. The standard InChI is InChI=1S/C18H19NO5/c1-4-23-16-9-8-14(13(3)20)10-15(16)11-24-17-7-5-6-12(2)18(17)19(21)22/h5-10H,4,11H2,1-3H3. The number of aryl methyl sites for hydroxylation is 1. The van der Waals surface area contributed by atoms with Gasteiger partial charge in [0.15, 0.2) is 11.5 Å². The van der Waals surface area contributed by atoms with Gasteiger partial charge in [0.2, 0.25) is 0 Å². The van der Waals surface area contributed by atoms with Crippen molar-refractivity contribution in [3.05, 3.63) is 63.2 Å². The van der Waals surface area contributed by atoms with Crippen LogP contribution < -0.4 is 9.47 Å². The van der Waals surface area contributed by atoms with Crippen molar-refractivity contribution in [1.82, 2.24) is 0 Å². The van der Waals surface area contributed by atoms with Crippen LogP contribution in [0.1, 0.15) is 35.3 Å². The number of Topliss-reactive ketones (excluding diaryl/α,β-unsaturated/α-hetero) is 1. The largest absolute Gasteiger partial charge is 0.493 e. The van der Waals surface area contributed by atoms with Crippen LogP contribution in [0.2, 0.25) is 0 Å². The maximum atomic E-state index is 11.6. The van der Waals surface area contributed by atoms with Gasteiger partial charge in [-0.05, 0) is 45.0 Å². The molecule has 0 fully saturated rings. The van der Waals surface area contributed by atoms with Crippen LogP contribution in [0.4, 0.5) is 5.69 Å². The van der Waals surface area contributed by atoms with E-state index in [1.807, 2.05) is 6.92 Å². The summed E-state index contributed by atoms with van der Waals surface area (Å²) >= 11 is 0. The van der Waals surface area contributed by atoms with Crippen molar-refractivity contribution in [1.29, 1.82) is 0 Å². The van der Waals surface area contributed by atoms with Gasteiger partial charge < -0.3 is 9.47 Å². The van der Waals surface area contributed by atoms with Gasteiger partial charge in [0.05, 0.1) is 11.5 Å². The maximum Gasteiger partial charge on any atom is 0.313 e. The molecular formula is C18H19NO5. The fourth-order valence-corrected chi connectivity index (χ4v) is 2.35. The lowest BCUT2D eigenvalue weighted by molar-refractivity contribution is -0.386. The van der Waals surface area contributed by atoms with Gasteiger partial charge >= 0.3 is 5.69 Å². The van der Waals surface area contributed by atoms with E-state index in [4.69, 9.17) is 9.47 Å². The first kappa shape index (κ1) is 17.5. The Hall–Kier alpha value is -2.89. The molecule has 0 saturated heterocycles. The monoisotopic (exact) mass is 329 g/mol. The van der Waals surface area contributed by atoms with Gasteiger partial charge in [0.1, 0.15) is 12.4 Å². The Bertz CT molecular complexity index is 770. The molecule has 0 heterocycles. The van der Waals surface area contributed by atoms with Crippen LogP contribution in [-0.4, -0.2) is 17.3 Å². The average molecular weight is 329 g/mol. The zero-order valence-corrected chi connectivity index (χ0v) is 13.9. The van der Waals surface area contributed by atoms with Gasteiger partial charge in [-0.15, -0.1) is 0 Å². The summed E-state index contributed by atoms with van der Waals surface area (Å²) in [5, 5.41) is 11.2. The molecule has 0 spiro atoms. The number of hydrogen-bond acceptors (Lipinski definition) is 5. The molecule has 0 N–H and O–H groups in total. The molecule has 0 aliphatic heterocycles. The maximum absolute atomic E-state index is 11.6. The van der Waals surface area contributed by atoms with Crippen LogP contribution >= 0.6 is 0 Å². The predicted molar refractivity (Wildman–Crippen MR) is 89.8 cm³/mol. The molecule has 0 aromatic heterocycles. The molecule has 0 radical (unpaired) electrons. The number of carbonyl (C=O) groups is 1. The number of nitrogens with zero attached hydrogens (tertiary/aromatic N) is 1. The Kier molecular flexibility index (Phi) is 5.52. The van der Waals surface area contributed by atoms with E-state index in [0.29, 0.717) is 29.0 Å². The van der Waals surface area contributed by atoms with Crippen molar-refractivity contribution in [2.24, 2.45) is 0 Å². The topological polar surface area (TPSA) is 78.7 Å². The summed E-state index contributed by atoms with van der Waals surface area (Å²) in [5.41, 5.74) is 1.68. The Morgan fingerprint density at radius 1 is 1.17 bits per heavy atom. The first-order valence-corrected chi connectivity index (χ1v) is 7.57.